The fourth-order valence-electron chi connectivity index (χ4n) is 1.94. The van der Waals surface area contributed by atoms with Gasteiger partial charge in [-0.15, -0.1) is 0 Å². The fraction of sp³-hybridized carbons (Fsp3) is 0.636. The number of aliphatic hydroxyl groups excluding tert-OH is 1. The van der Waals surface area contributed by atoms with Gasteiger partial charge in [-0.2, -0.15) is 4.98 Å². The van der Waals surface area contributed by atoms with E-state index in [1.807, 2.05) is 0 Å². The minimum absolute atomic E-state index is 0.166. The molecule has 0 aliphatic heterocycles. The zero-order valence-corrected chi connectivity index (χ0v) is 11.0. The van der Waals surface area contributed by atoms with Gasteiger partial charge >= 0.3 is 0 Å². The van der Waals surface area contributed by atoms with Gasteiger partial charge in [-0.25, -0.2) is 4.98 Å². The SMILES string of the molecule is OCCCN(c1nc(Cl)ncc1Cl)C1CCC1. The summed E-state index contributed by atoms with van der Waals surface area (Å²) in [6.45, 7) is 0.911. The van der Waals surface area contributed by atoms with Crippen LogP contribution in [0.2, 0.25) is 10.3 Å². The second-order valence-electron chi connectivity index (χ2n) is 4.17. The third-order valence-corrected chi connectivity index (χ3v) is 3.49. The number of hydrogen-bond acceptors (Lipinski definition) is 4. The minimum Gasteiger partial charge on any atom is -0.396 e. The summed E-state index contributed by atoms with van der Waals surface area (Å²) in [5, 5.41) is 9.66. The van der Waals surface area contributed by atoms with Crippen molar-refractivity contribution < 1.29 is 5.11 Å². The molecule has 1 aliphatic rings. The van der Waals surface area contributed by atoms with Gasteiger partial charge < -0.3 is 10.0 Å². The Morgan fingerprint density at radius 2 is 2.18 bits per heavy atom. The number of hydrogen-bond donors (Lipinski definition) is 1. The van der Waals surface area contributed by atoms with Crippen molar-refractivity contribution in [1.82, 2.24) is 9.97 Å². The van der Waals surface area contributed by atoms with Crippen LogP contribution in [0.5, 0.6) is 0 Å². The molecule has 0 amide bonds. The number of anilines is 1. The molecular weight excluding hydrogens is 261 g/mol. The van der Waals surface area contributed by atoms with Gasteiger partial charge in [0.1, 0.15) is 5.02 Å². The normalized spacial score (nSPS) is 15.7. The summed E-state index contributed by atoms with van der Waals surface area (Å²) in [6.07, 6.45) is 5.74. The third-order valence-electron chi connectivity index (χ3n) is 3.04. The molecular formula is C11H15Cl2N3O. The van der Waals surface area contributed by atoms with Crippen LogP contribution >= 0.6 is 23.2 Å². The van der Waals surface area contributed by atoms with E-state index in [9.17, 15) is 0 Å². The van der Waals surface area contributed by atoms with Gasteiger partial charge in [0, 0.05) is 19.2 Å². The average Bonchev–Trinajstić information content (AvgIpc) is 2.25. The number of aliphatic hydroxyl groups is 1. The maximum absolute atomic E-state index is 8.94. The van der Waals surface area contributed by atoms with Gasteiger partial charge in [-0.3, -0.25) is 0 Å². The van der Waals surface area contributed by atoms with Crippen molar-refractivity contribution in [2.75, 3.05) is 18.1 Å². The van der Waals surface area contributed by atoms with E-state index < -0.39 is 0 Å². The Hall–Kier alpha value is -0.580. The molecule has 1 saturated carbocycles. The highest BCUT2D eigenvalue weighted by atomic mass is 35.5. The summed E-state index contributed by atoms with van der Waals surface area (Å²) in [5.41, 5.74) is 0. The maximum atomic E-state index is 8.94. The molecule has 0 unspecified atom stereocenters. The van der Waals surface area contributed by atoms with Crippen LogP contribution in [0.1, 0.15) is 25.7 Å². The van der Waals surface area contributed by atoms with Crippen LogP contribution in [-0.2, 0) is 0 Å². The number of aromatic nitrogens is 2. The van der Waals surface area contributed by atoms with E-state index in [2.05, 4.69) is 14.9 Å². The van der Waals surface area contributed by atoms with Crippen LogP contribution in [-0.4, -0.2) is 34.3 Å². The molecule has 0 aromatic carbocycles. The van der Waals surface area contributed by atoms with Gasteiger partial charge in [0.15, 0.2) is 5.82 Å². The lowest BCUT2D eigenvalue weighted by atomic mass is 9.91. The smallest absolute Gasteiger partial charge is 0.224 e. The summed E-state index contributed by atoms with van der Waals surface area (Å²) in [5.74, 6) is 0.685. The third kappa shape index (κ3) is 3.00. The molecule has 1 aromatic heterocycles. The van der Waals surface area contributed by atoms with Crippen LogP contribution in [0.4, 0.5) is 5.82 Å². The lowest BCUT2D eigenvalue weighted by molar-refractivity contribution is 0.282. The second-order valence-corrected chi connectivity index (χ2v) is 4.91. The minimum atomic E-state index is 0.166. The van der Waals surface area contributed by atoms with Crippen LogP contribution in [0, 0.1) is 0 Å². The summed E-state index contributed by atoms with van der Waals surface area (Å²) in [6, 6.07) is 0.463. The molecule has 0 radical (unpaired) electrons. The number of rotatable bonds is 5. The van der Waals surface area contributed by atoms with Crippen molar-refractivity contribution >= 4 is 29.0 Å². The molecule has 0 spiro atoms. The zero-order valence-electron chi connectivity index (χ0n) is 9.44. The predicted octanol–water partition coefficient (Wildman–Crippen LogP) is 2.52. The molecule has 1 heterocycles. The molecule has 4 nitrogen and oxygen atoms in total. The first-order valence-electron chi connectivity index (χ1n) is 5.78. The predicted molar refractivity (Wildman–Crippen MR) is 68.7 cm³/mol. The Bertz CT molecular complexity index is 385. The second kappa shape index (κ2) is 5.85. The molecule has 94 valence electrons. The quantitative estimate of drug-likeness (QED) is 0.839. The van der Waals surface area contributed by atoms with Crippen molar-refractivity contribution in [3.63, 3.8) is 0 Å². The Labute approximate surface area is 111 Å². The van der Waals surface area contributed by atoms with E-state index in [0.29, 0.717) is 23.3 Å². The summed E-state index contributed by atoms with van der Waals surface area (Å²) in [4.78, 5) is 10.2. The molecule has 1 N–H and O–H groups in total. The molecule has 1 fully saturated rings. The lowest BCUT2D eigenvalue weighted by Gasteiger charge is -2.38. The number of halogens is 2. The highest BCUT2D eigenvalue weighted by molar-refractivity contribution is 6.33. The van der Waals surface area contributed by atoms with Gasteiger partial charge in [0.05, 0.1) is 6.20 Å². The lowest BCUT2D eigenvalue weighted by Crippen LogP contribution is -2.41. The van der Waals surface area contributed by atoms with E-state index in [0.717, 1.165) is 19.4 Å². The first-order valence-corrected chi connectivity index (χ1v) is 6.53. The van der Waals surface area contributed by atoms with Crippen LogP contribution < -0.4 is 4.90 Å². The first-order chi connectivity index (χ1) is 8.22. The molecule has 0 atom stereocenters. The Morgan fingerprint density at radius 1 is 1.41 bits per heavy atom. The largest absolute Gasteiger partial charge is 0.396 e. The van der Waals surface area contributed by atoms with Gasteiger partial charge in [-0.05, 0) is 37.3 Å². The Morgan fingerprint density at radius 3 is 2.76 bits per heavy atom. The molecule has 17 heavy (non-hydrogen) atoms. The summed E-state index contributed by atoms with van der Waals surface area (Å²) >= 11 is 11.9. The molecule has 6 heteroatoms. The van der Waals surface area contributed by atoms with Gasteiger partial charge in [0.25, 0.3) is 0 Å². The Balaban J connectivity index is 2.20. The van der Waals surface area contributed by atoms with E-state index in [1.165, 1.54) is 12.6 Å². The van der Waals surface area contributed by atoms with Crippen LogP contribution in [0.15, 0.2) is 6.20 Å². The Kier molecular flexibility index (Phi) is 4.42. The van der Waals surface area contributed by atoms with Crippen LogP contribution in [0.25, 0.3) is 0 Å². The summed E-state index contributed by atoms with van der Waals surface area (Å²) in [7, 11) is 0. The first kappa shape index (κ1) is 12.9. The standard InChI is InChI=1S/C11H15Cl2N3O/c12-9-7-14-11(13)15-10(9)16(5-2-6-17)8-3-1-4-8/h7-8,17H,1-6H2. The van der Waals surface area contributed by atoms with Crippen molar-refractivity contribution in [2.45, 2.75) is 31.7 Å². The van der Waals surface area contributed by atoms with Crippen molar-refractivity contribution in [3.05, 3.63) is 16.5 Å². The number of nitrogens with zero attached hydrogens (tertiary/aromatic N) is 3. The summed E-state index contributed by atoms with van der Waals surface area (Å²) < 4.78 is 0. The molecule has 1 aliphatic carbocycles. The molecule has 0 bridgehead atoms. The zero-order chi connectivity index (χ0) is 12.3. The van der Waals surface area contributed by atoms with Crippen molar-refractivity contribution in [2.24, 2.45) is 0 Å². The highest BCUT2D eigenvalue weighted by Gasteiger charge is 2.27. The van der Waals surface area contributed by atoms with Gasteiger partial charge in [0.2, 0.25) is 5.28 Å². The van der Waals surface area contributed by atoms with Crippen molar-refractivity contribution in [3.8, 4) is 0 Å². The molecule has 1 aromatic rings. The molecule has 2 rings (SSSR count). The molecule has 0 saturated heterocycles. The highest BCUT2D eigenvalue weighted by Crippen LogP contribution is 2.32. The van der Waals surface area contributed by atoms with E-state index in [1.54, 1.807) is 0 Å². The van der Waals surface area contributed by atoms with Crippen molar-refractivity contribution in [1.29, 1.82) is 0 Å². The van der Waals surface area contributed by atoms with E-state index >= 15 is 0 Å². The average molecular weight is 276 g/mol. The topological polar surface area (TPSA) is 49.2 Å². The monoisotopic (exact) mass is 275 g/mol. The van der Waals surface area contributed by atoms with E-state index in [4.69, 9.17) is 28.3 Å². The van der Waals surface area contributed by atoms with E-state index in [-0.39, 0.29) is 11.9 Å². The maximum Gasteiger partial charge on any atom is 0.224 e. The fourth-order valence-corrected chi connectivity index (χ4v) is 2.27. The van der Waals surface area contributed by atoms with Crippen LogP contribution in [0.3, 0.4) is 0 Å². The van der Waals surface area contributed by atoms with Gasteiger partial charge in [-0.1, -0.05) is 11.6 Å².